The minimum absolute atomic E-state index is 0.263. The molecular weight excluding hydrogens is 293 g/mol. The lowest BCUT2D eigenvalue weighted by atomic mass is 9.83. The third-order valence-electron chi connectivity index (χ3n) is 4.20. The Morgan fingerprint density at radius 1 is 1.27 bits per heavy atom. The van der Waals surface area contributed by atoms with Crippen LogP contribution in [0.15, 0.2) is 46.7 Å². The predicted molar refractivity (Wildman–Crippen MR) is 77.1 cm³/mol. The molecule has 0 saturated carbocycles. The Labute approximate surface area is 127 Å². The highest BCUT2D eigenvalue weighted by Crippen LogP contribution is 2.39. The van der Waals surface area contributed by atoms with Crippen LogP contribution in [-0.2, 0) is 6.42 Å². The smallest absolute Gasteiger partial charge is 0.395 e. The molecule has 2 atom stereocenters. The lowest BCUT2D eigenvalue weighted by Crippen LogP contribution is -2.43. The molecule has 0 spiro atoms. The molecule has 0 aromatic carbocycles. The molecule has 1 fully saturated rings. The van der Waals surface area contributed by atoms with E-state index in [9.17, 15) is 13.2 Å². The Bertz CT molecular complexity index is 542. The Hall–Kier alpha value is -1.69. The van der Waals surface area contributed by atoms with E-state index in [1.54, 1.807) is 18.2 Å². The van der Waals surface area contributed by atoms with Gasteiger partial charge in [0.05, 0.1) is 12.2 Å². The SMILES string of the molecule is FC(F)(F)C1C=C(N2CCNCC2)C=CC1Cc1ccco1. The lowest BCUT2D eigenvalue weighted by Gasteiger charge is -2.35. The van der Waals surface area contributed by atoms with Crippen LogP contribution in [-0.4, -0.2) is 37.3 Å². The van der Waals surface area contributed by atoms with Crippen LogP contribution >= 0.6 is 0 Å². The third kappa shape index (κ3) is 3.38. The first-order valence-corrected chi connectivity index (χ1v) is 7.49. The molecular formula is C16H19F3N2O. The maximum Gasteiger partial charge on any atom is 0.395 e. The molecule has 1 aliphatic carbocycles. The van der Waals surface area contributed by atoms with Gasteiger partial charge in [-0.3, -0.25) is 0 Å². The highest BCUT2D eigenvalue weighted by atomic mass is 19.4. The number of halogens is 3. The summed E-state index contributed by atoms with van der Waals surface area (Å²) < 4.78 is 45.5. The van der Waals surface area contributed by atoms with Crippen molar-refractivity contribution in [2.24, 2.45) is 11.8 Å². The lowest BCUT2D eigenvalue weighted by molar-refractivity contribution is -0.171. The van der Waals surface area contributed by atoms with Crippen LogP contribution in [0.2, 0.25) is 0 Å². The molecule has 6 heteroatoms. The minimum Gasteiger partial charge on any atom is -0.469 e. The van der Waals surface area contributed by atoms with Crippen LogP contribution in [0.5, 0.6) is 0 Å². The average Bonchev–Trinajstić information content (AvgIpc) is 3.00. The number of allylic oxidation sites excluding steroid dienone is 3. The van der Waals surface area contributed by atoms with Gasteiger partial charge in [-0.25, -0.2) is 0 Å². The van der Waals surface area contributed by atoms with Gasteiger partial charge >= 0.3 is 6.18 Å². The van der Waals surface area contributed by atoms with E-state index in [0.717, 1.165) is 26.2 Å². The van der Waals surface area contributed by atoms with Crippen molar-refractivity contribution < 1.29 is 17.6 Å². The largest absolute Gasteiger partial charge is 0.469 e. The monoisotopic (exact) mass is 312 g/mol. The van der Waals surface area contributed by atoms with E-state index in [2.05, 4.69) is 5.32 Å². The van der Waals surface area contributed by atoms with Crippen molar-refractivity contribution in [3.05, 3.63) is 48.1 Å². The minimum atomic E-state index is -4.25. The van der Waals surface area contributed by atoms with E-state index in [-0.39, 0.29) is 6.42 Å². The van der Waals surface area contributed by atoms with Gasteiger partial charge in [0.2, 0.25) is 0 Å². The maximum absolute atomic E-state index is 13.4. The molecule has 0 amide bonds. The van der Waals surface area contributed by atoms with Crippen molar-refractivity contribution >= 4 is 0 Å². The van der Waals surface area contributed by atoms with E-state index in [4.69, 9.17) is 4.42 Å². The molecule has 1 aromatic rings. The van der Waals surface area contributed by atoms with Crippen molar-refractivity contribution in [3.8, 4) is 0 Å². The first kappa shape index (κ1) is 15.2. The topological polar surface area (TPSA) is 28.4 Å². The summed E-state index contributed by atoms with van der Waals surface area (Å²) in [6.45, 7) is 3.09. The molecule has 3 rings (SSSR count). The van der Waals surface area contributed by atoms with Crippen LogP contribution in [0, 0.1) is 11.8 Å². The van der Waals surface area contributed by atoms with Crippen molar-refractivity contribution in [2.45, 2.75) is 12.6 Å². The van der Waals surface area contributed by atoms with Gasteiger partial charge in [0.1, 0.15) is 5.76 Å². The second-order valence-electron chi connectivity index (χ2n) is 5.70. The van der Waals surface area contributed by atoms with Gasteiger partial charge < -0.3 is 14.6 Å². The molecule has 0 bridgehead atoms. The van der Waals surface area contributed by atoms with Gasteiger partial charge in [-0.2, -0.15) is 13.2 Å². The summed E-state index contributed by atoms with van der Waals surface area (Å²) in [5, 5.41) is 3.21. The Morgan fingerprint density at radius 2 is 2.05 bits per heavy atom. The molecule has 1 aliphatic heterocycles. The third-order valence-corrected chi connectivity index (χ3v) is 4.20. The Morgan fingerprint density at radius 3 is 2.68 bits per heavy atom. The molecule has 2 aliphatic rings. The fourth-order valence-electron chi connectivity index (χ4n) is 3.03. The van der Waals surface area contributed by atoms with E-state index in [1.807, 2.05) is 11.0 Å². The summed E-state index contributed by atoms with van der Waals surface area (Å²) in [7, 11) is 0. The zero-order valence-corrected chi connectivity index (χ0v) is 12.1. The zero-order chi connectivity index (χ0) is 15.6. The molecule has 0 radical (unpaired) electrons. The summed E-state index contributed by atoms with van der Waals surface area (Å²) in [5.41, 5.74) is 0.680. The van der Waals surface area contributed by atoms with Gasteiger partial charge in [0, 0.05) is 38.3 Å². The Balaban J connectivity index is 1.79. The maximum atomic E-state index is 13.4. The van der Waals surface area contributed by atoms with Gasteiger partial charge in [0.15, 0.2) is 0 Å². The van der Waals surface area contributed by atoms with Crippen molar-refractivity contribution in [1.29, 1.82) is 0 Å². The molecule has 120 valence electrons. The van der Waals surface area contributed by atoms with Gasteiger partial charge in [-0.15, -0.1) is 0 Å². The number of hydrogen-bond donors (Lipinski definition) is 1. The summed E-state index contributed by atoms with van der Waals surface area (Å²) in [6, 6.07) is 3.42. The predicted octanol–water partition coefficient (Wildman–Crippen LogP) is 2.98. The van der Waals surface area contributed by atoms with Crippen LogP contribution in [0.4, 0.5) is 13.2 Å². The van der Waals surface area contributed by atoms with Crippen LogP contribution in [0.1, 0.15) is 5.76 Å². The zero-order valence-electron chi connectivity index (χ0n) is 12.1. The molecule has 1 aromatic heterocycles. The van der Waals surface area contributed by atoms with E-state index in [1.165, 1.54) is 12.3 Å². The number of furan rings is 1. The van der Waals surface area contributed by atoms with Crippen molar-refractivity contribution in [2.75, 3.05) is 26.2 Å². The van der Waals surface area contributed by atoms with E-state index in [0.29, 0.717) is 11.5 Å². The molecule has 1 N–H and O–H groups in total. The van der Waals surface area contributed by atoms with Crippen LogP contribution < -0.4 is 5.32 Å². The molecule has 2 unspecified atom stereocenters. The number of alkyl halides is 3. The fourth-order valence-corrected chi connectivity index (χ4v) is 3.03. The molecule has 22 heavy (non-hydrogen) atoms. The van der Waals surface area contributed by atoms with Crippen LogP contribution in [0.3, 0.4) is 0 Å². The van der Waals surface area contributed by atoms with Crippen LogP contribution in [0.25, 0.3) is 0 Å². The average molecular weight is 312 g/mol. The van der Waals surface area contributed by atoms with E-state index < -0.39 is 18.0 Å². The molecule has 1 saturated heterocycles. The standard InChI is InChI=1S/C16H19F3N2O/c17-16(18,19)15-11-13(21-7-5-20-6-8-21)4-3-12(15)10-14-2-1-9-22-14/h1-4,9,11-12,15,20H,5-8,10H2. The normalized spacial score (nSPS) is 26.1. The first-order chi connectivity index (χ1) is 10.5. The van der Waals surface area contributed by atoms with Gasteiger partial charge in [-0.1, -0.05) is 6.08 Å². The summed E-state index contributed by atoms with van der Waals surface area (Å²) in [6.07, 6.45) is 2.38. The van der Waals surface area contributed by atoms with E-state index >= 15 is 0 Å². The number of nitrogens with zero attached hydrogens (tertiary/aromatic N) is 1. The first-order valence-electron chi connectivity index (χ1n) is 7.49. The fraction of sp³-hybridized carbons (Fsp3) is 0.500. The molecule has 2 heterocycles. The second-order valence-corrected chi connectivity index (χ2v) is 5.70. The number of piperazine rings is 1. The highest BCUT2D eigenvalue weighted by molar-refractivity contribution is 5.27. The molecule has 3 nitrogen and oxygen atoms in total. The number of rotatable bonds is 3. The second kappa shape index (κ2) is 6.20. The summed E-state index contributed by atoms with van der Waals surface area (Å²) >= 11 is 0. The van der Waals surface area contributed by atoms with Gasteiger partial charge in [-0.05, 0) is 30.2 Å². The Kier molecular flexibility index (Phi) is 4.29. The highest BCUT2D eigenvalue weighted by Gasteiger charge is 2.44. The number of nitrogens with one attached hydrogen (secondary N) is 1. The van der Waals surface area contributed by atoms with Crippen molar-refractivity contribution in [1.82, 2.24) is 10.2 Å². The van der Waals surface area contributed by atoms with Gasteiger partial charge in [0.25, 0.3) is 0 Å². The summed E-state index contributed by atoms with van der Waals surface area (Å²) in [5.74, 6) is -1.49. The quantitative estimate of drug-likeness (QED) is 0.930. The van der Waals surface area contributed by atoms with Crippen molar-refractivity contribution in [3.63, 3.8) is 0 Å². The summed E-state index contributed by atoms with van der Waals surface area (Å²) in [4.78, 5) is 2.01. The number of hydrogen-bond acceptors (Lipinski definition) is 3.